The van der Waals surface area contributed by atoms with Crippen molar-refractivity contribution in [1.29, 1.82) is 0 Å². The van der Waals surface area contributed by atoms with Crippen LogP contribution in [-0.2, 0) is 6.54 Å². The van der Waals surface area contributed by atoms with Gasteiger partial charge in [0.1, 0.15) is 0 Å². The zero-order chi connectivity index (χ0) is 18.7. The SMILES string of the molecule is Cc1ccc(C(=O)N2CCN(Cc3ccc(Cl)cc3)CC2)cc1[N+](=O)[O-]. The van der Waals surface area contributed by atoms with Gasteiger partial charge in [-0.2, -0.15) is 0 Å². The molecule has 0 aliphatic carbocycles. The molecular formula is C19H20ClN3O3. The highest BCUT2D eigenvalue weighted by molar-refractivity contribution is 6.30. The first-order valence-corrected chi connectivity index (χ1v) is 8.83. The third-order valence-electron chi connectivity index (χ3n) is 4.63. The number of amides is 1. The molecule has 2 aromatic carbocycles. The largest absolute Gasteiger partial charge is 0.336 e. The van der Waals surface area contributed by atoms with Crippen molar-refractivity contribution in [3.8, 4) is 0 Å². The van der Waals surface area contributed by atoms with Gasteiger partial charge in [0.15, 0.2) is 0 Å². The number of benzene rings is 2. The van der Waals surface area contributed by atoms with Crippen LogP contribution in [0.2, 0.25) is 5.02 Å². The maximum Gasteiger partial charge on any atom is 0.273 e. The van der Waals surface area contributed by atoms with Crippen molar-refractivity contribution >= 4 is 23.2 Å². The highest BCUT2D eigenvalue weighted by Gasteiger charge is 2.24. The standard InChI is InChI=1S/C19H20ClN3O3/c1-14-2-5-16(12-18(14)23(25)26)19(24)22-10-8-21(9-11-22)13-15-3-6-17(20)7-4-15/h2-7,12H,8-11,13H2,1H3. The molecule has 1 heterocycles. The highest BCUT2D eigenvalue weighted by atomic mass is 35.5. The van der Waals surface area contributed by atoms with Crippen LogP contribution in [-0.4, -0.2) is 46.8 Å². The quantitative estimate of drug-likeness (QED) is 0.607. The van der Waals surface area contributed by atoms with Gasteiger partial charge in [0.25, 0.3) is 11.6 Å². The predicted molar refractivity (Wildman–Crippen MR) is 100 cm³/mol. The van der Waals surface area contributed by atoms with Gasteiger partial charge < -0.3 is 4.90 Å². The van der Waals surface area contributed by atoms with Crippen LogP contribution in [0.5, 0.6) is 0 Å². The first-order chi connectivity index (χ1) is 12.4. The molecule has 1 aliphatic rings. The zero-order valence-electron chi connectivity index (χ0n) is 14.5. The van der Waals surface area contributed by atoms with E-state index in [2.05, 4.69) is 4.90 Å². The maximum atomic E-state index is 12.7. The van der Waals surface area contributed by atoms with Gasteiger partial charge in [0.2, 0.25) is 0 Å². The lowest BCUT2D eigenvalue weighted by molar-refractivity contribution is -0.385. The second-order valence-corrected chi connectivity index (χ2v) is 6.89. The van der Waals surface area contributed by atoms with Crippen molar-refractivity contribution in [3.63, 3.8) is 0 Å². The number of hydrogen-bond donors (Lipinski definition) is 0. The second kappa shape index (κ2) is 7.85. The summed E-state index contributed by atoms with van der Waals surface area (Å²) < 4.78 is 0. The minimum Gasteiger partial charge on any atom is -0.336 e. The van der Waals surface area contributed by atoms with Crippen LogP contribution in [0.15, 0.2) is 42.5 Å². The first kappa shape index (κ1) is 18.4. The van der Waals surface area contributed by atoms with Crippen molar-refractivity contribution in [3.05, 3.63) is 74.3 Å². The van der Waals surface area contributed by atoms with Gasteiger partial charge in [-0.3, -0.25) is 19.8 Å². The van der Waals surface area contributed by atoms with E-state index in [-0.39, 0.29) is 11.6 Å². The zero-order valence-corrected chi connectivity index (χ0v) is 15.3. The number of carbonyl (C=O) groups is 1. The lowest BCUT2D eigenvalue weighted by atomic mass is 10.1. The molecule has 3 rings (SSSR count). The molecule has 0 spiro atoms. The number of rotatable bonds is 4. The van der Waals surface area contributed by atoms with Crippen LogP contribution in [0.3, 0.4) is 0 Å². The summed E-state index contributed by atoms with van der Waals surface area (Å²) in [7, 11) is 0. The molecule has 1 amide bonds. The Bertz CT molecular complexity index is 815. The molecule has 1 saturated heterocycles. The van der Waals surface area contributed by atoms with E-state index in [1.165, 1.54) is 11.6 Å². The summed E-state index contributed by atoms with van der Waals surface area (Å²) in [4.78, 5) is 27.3. The van der Waals surface area contributed by atoms with E-state index < -0.39 is 4.92 Å². The highest BCUT2D eigenvalue weighted by Crippen LogP contribution is 2.21. The molecule has 2 aromatic rings. The number of hydrogen-bond acceptors (Lipinski definition) is 4. The van der Waals surface area contributed by atoms with E-state index in [9.17, 15) is 14.9 Å². The van der Waals surface area contributed by atoms with Crippen LogP contribution < -0.4 is 0 Å². The summed E-state index contributed by atoms with van der Waals surface area (Å²) in [6, 6.07) is 12.4. The van der Waals surface area contributed by atoms with E-state index in [0.29, 0.717) is 24.2 Å². The Morgan fingerprint density at radius 1 is 1.12 bits per heavy atom. The molecule has 0 bridgehead atoms. The van der Waals surface area contributed by atoms with E-state index in [1.807, 2.05) is 24.3 Å². The van der Waals surface area contributed by atoms with Gasteiger partial charge in [0, 0.05) is 54.9 Å². The molecule has 0 N–H and O–H groups in total. The third kappa shape index (κ3) is 4.20. The molecule has 1 aliphatic heterocycles. The molecule has 0 saturated carbocycles. The number of nitro groups is 1. The van der Waals surface area contributed by atoms with Crippen molar-refractivity contribution < 1.29 is 9.72 Å². The number of piperazine rings is 1. The van der Waals surface area contributed by atoms with Gasteiger partial charge in [-0.05, 0) is 30.7 Å². The molecule has 6 nitrogen and oxygen atoms in total. The molecular weight excluding hydrogens is 354 g/mol. The smallest absolute Gasteiger partial charge is 0.273 e. The Kier molecular flexibility index (Phi) is 5.54. The van der Waals surface area contributed by atoms with Gasteiger partial charge in [-0.1, -0.05) is 29.8 Å². The van der Waals surface area contributed by atoms with Gasteiger partial charge in [0.05, 0.1) is 4.92 Å². The van der Waals surface area contributed by atoms with E-state index in [1.54, 1.807) is 24.0 Å². The molecule has 0 radical (unpaired) electrons. The molecule has 1 fully saturated rings. The molecule has 7 heteroatoms. The average Bonchev–Trinajstić information content (AvgIpc) is 2.64. The fourth-order valence-corrected chi connectivity index (χ4v) is 3.20. The number of nitro benzene ring substituents is 1. The van der Waals surface area contributed by atoms with Gasteiger partial charge >= 0.3 is 0 Å². The van der Waals surface area contributed by atoms with Crippen LogP contribution in [0, 0.1) is 17.0 Å². The number of carbonyl (C=O) groups excluding carboxylic acids is 1. The lowest BCUT2D eigenvalue weighted by Gasteiger charge is -2.34. The van der Waals surface area contributed by atoms with Crippen molar-refractivity contribution in [1.82, 2.24) is 9.80 Å². The van der Waals surface area contributed by atoms with E-state index >= 15 is 0 Å². The Labute approximate surface area is 157 Å². The summed E-state index contributed by atoms with van der Waals surface area (Å²) in [6.07, 6.45) is 0. The topological polar surface area (TPSA) is 66.7 Å². The summed E-state index contributed by atoms with van der Waals surface area (Å²) in [5.41, 5.74) is 2.09. The minimum atomic E-state index is -0.448. The van der Waals surface area contributed by atoms with E-state index in [4.69, 9.17) is 11.6 Å². The first-order valence-electron chi connectivity index (χ1n) is 8.45. The molecule has 0 aromatic heterocycles. The third-order valence-corrected chi connectivity index (χ3v) is 4.88. The monoisotopic (exact) mass is 373 g/mol. The van der Waals surface area contributed by atoms with Gasteiger partial charge in [-0.25, -0.2) is 0 Å². The molecule has 136 valence electrons. The Morgan fingerprint density at radius 3 is 2.38 bits per heavy atom. The predicted octanol–water partition coefficient (Wildman–Crippen LogP) is 3.51. The van der Waals surface area contributed by atoms with Crippen LogP contribution >= 0.6 is 11.6 Å². The maximum absolute atomic E-state index is 12.7. The average molecular weight is 374 g/mol. The van der Waals surface area contributed by atoms with Crippen LogP contribution in [0.4, 0.5) is 5.69 Å². The van der Waals surface area contributed by atoms with Crippen molar-refractivity contribution in [2.75, 3.05) is 26.2 Å². The fourth-order valence-electron chi connectivity index (χ4n) is 3.08. The summed E-state index contributed by atoms with van der Waals surface area (Å²) in [5.74, 6) is -0.153. The minimum absolute atomic E-state index is 0.0165. The van der Waals surface area contributed by atoms with Crippen LogP contribution in [0.25, 0.3) is 0 Å². The second-order valence-electron chi connectivity index (χ2n) is 6.45. The number of aryl methyl sites for hydroxylation is 1. The van der Waals surface area contributed by atoms with Crippen molar-refractivity contribution in [2.45, 2.75) is 13.5 Å². The molecule has 0 unspecified atom stereocenters. The Morgan fingerprint density at radius 2 is 1.77 bits per heavy atom. The lowest BCUT2D eigenvalue weighted by Crippen LogP contribution is -2.48. The van der Waals surface area contributed by atoms with Gasteiger partial charge in [-0.15, -0.1) is 0 Å². The number of nitrogens with zero attached hydrogens (tertiary/aromatic N) is 3. The number of halogens is 1. The van der Waals surface area contributed by atoms with Crippen LogP contribution in [0.1, 0.15) is 21.5 Å². The normalized spacial score (nSPS) is 15.1. The molecule has 0 atom stereocenters. The fraction of sp³-hybridized carbons (Fsp3) is 0.316. The summed E-state index contributed by atoms with van der Waals surface area (Å²) in [5, 5.41) is 11.8. The van der Waals surface area contributed by atoms with E-state index in [0.717, 1.165) is 24.7 Å². The van der Waals surface area contributed by atoms with Crippen molar-refractivity contribution in [2.24, 2.45) is 0 Å². The molecule has 26 heavy (non-hydrogen) atoms. The Balaban J connectivity index is 1.61. The summed E-state index contributed by atoms with van der Waals surface area (Å²) >= 11 is 5.91. The summed E-state index contributed by atoms with van der Waals surface area (Å²) in [6.45, 7) is 5.23. The Hall–Kier alpha value is -2.44.